The molecule has 112 valence electrons. The molecule has 1 aliphatic heterocycles. The topological polar surface area (TPSA) is 24.5 Å². The molecule has 2 unspecified atom stereocenters. The molecule has 2 fully saturated rings. The van der Waals surface area contributed by atoms with Gasteiger partial charge in [0.2, 0.25) is 0 Å². The van der Waals surface area contributed by atoms with Gasteiger partial charge in [-0.2, -0.15) is 0 Å². The number of rotatable bonds is 9. The van der Waals surface area contributed by atoms with E-state index in [1.165, 1.54) is 58.2 Å². The fourth-order valence-corrected chi connectivity index (χ4v) is 3.05. The second-order valence-electron chi connectivity index (χ2n) is 6.32. The highest BCUT2D eigenvalue weighted by Gasteiger charge is 2.25. The molecule has 1 heterocycles. The molecule has 1 saturated heterocycles. The monoisotopic (exact) mass is 268 g/mol. The highest BCUT2D eigenvalue weighted by molar-refractivity contribution is 4.85. The molecule has 2 atom stereocenters. The van der Waals surface area contributed by atoms with E-state index in [0.717, 1.165) is 25.2 Å². The van der Waals surface area contributed by atoms with Crippen molar-refractivity contribution in [2.24, 2.45) is 5.92 Å². The molecule has 0 radical (unpaired) electrons. The molecule has 1 saturated carbocycles. The number of nitrogens with one attached hydrogen (secondary N) is 1. The van der Waals surface area contributed by atoms with Crippen molar-refractivity contribution in [3.05, 3.63) is 0 Å². The molecule has 0 aromatic heterocycles. The van der Waals surface area contributed by atoms with Crippen molar-refractivity contribution in [1.29, 1.82) is 0 Å². The summed E-state index contributed by atoms with van der Waals surface area (Å²) >= 11 is 0. The molecular formula is C16H32N2O. The minimum atomic E-state index is 0.709. The van der Waals surface area contributed by atoms with E-state index in [2.05, 4.69) is 24.1 Å². The Labute approximate surface area is 119 Å². The van der Waals surface area contributed by atoms with E-state index in [0.29, 0.717) is 6.04 Å². The predicted molar refractivity (Wildman–Crippen MR) is 80.5 cm³/mol. The molecule has 3 heteroatoms. The predicted octanol–water partition coefficient (Wildman–Crippen LogP) is 2.66. The Morgan fingerprint density at radius 1 is 1.26 bits per heavy atom. The summed E-state index contributed by atoms with van der Waals surface area (Å²) in [7, 11) is 0. The smallest absolute Gasteiger partial charge is 0.0494 e. The van der Waals surface area contributed by atoms with Crippen LogP contribution in [-0.4, -0.2) is 49.8 Å². The van der Waals surface area contributed by atoms with Gasteiger partial charge in [-0.05, 0) is 38.0 Å². The van der Waals surface area contributed by atoms with Crippen molar-refractivity contribution < 1.29 is 4.74 Å². The summed E-state index contributed by atoms with van der Waals surface area (Å²) in [5.41, 5.74) is 0. The normalized spacial score (nSPS) is 28.7. The summed E-state index contributed by atoms with van der Waals surface area (Å²) in [6.07, 6.45) is 7.84. The quantitative estimate of drug-likeness (QED) is 0.651. The van der Waals surface area contributed by atoms with Crippen LogP contribution in [0.5, 0.6) is 0 Å². The van der Waals surface area contributed by atoms with Crippen molar-refractivity contribution in [3.8, 4) is 0 Å². The van der Waals surface area contributed by atoms with Crippen LogP contribution < -0.4 is 5.32 Å². The van der Waals surface area contributed by atoms with E-state index < -0.39 is 0 Å². The van der Waals surface area contributed by atoms with Gasteiger partial charge in [-0.15, -0.1) is 0 Å². The van der Waals surface area contributed by atoms with Crippen LogP contribution in [0.25, 0.3) is 0 Å². The second kappa shape index (κ2) is 8.23. The minimum Gasteiger partial charge on any atom is -0.381 e. The third-order valence-electron chi connectivity index (χ3n) is 4.51. The Bertz CT molecular complexity index is 243. The van der Waals surface area contributed by atoms with E-state index in [-0.39, 0.29) is 0 Å². The van der Waals surface area contributed by atoms with Crippen LogP contribution in [0.1, 0.15) is 52.4 Å². The number of ether oxygens (including phenoxy) is 1. The SMILES string of the molecule is CCCC1CN(CCCOCC2CC2)C(CC)CN1. The molecule has 2 aliphatic rings. The number of hydrogen-bond donors (Lipinski definition) is 1. The van der Waals surface area contributed by atoms with Crippen molar-refractivity contribution in [1.82, 2.24) is 10.2 Å². The van der Waals surface area contributed by atoms with E-state index in [1.807, 2.05) is 0 Å². The maximum absolute atomic E-state index is 5.75. The third kappa shape index (κ3) is 5.41. The fraction of sp³-hybridized carbons (Fsp3) is 1.00. The molecule has 1 aliphatic carbocycles. The van der Waals surface area contributed by atoms with Gasteiger partial charge in [0.25, 0.3) is 0 Å². The lowest BCUT2D eigenvalue weighted by Gasteiger charge is -2.40. The molecule has 3 nitrogen and oxygen atoms in total. The lowest BCUT2D eigenvalue weighted by Crippen LogP contribution is -2.56. The van der Waals surface area contributed by atoms with Crippen LogP contribution in [0.2, 0.25) is 0 Å². The van der Waals surface area contributed by atoms with Gasteiger partial charge in [0.1, 0.15) is 0 Å². The second-order valence-corrected chi connectivity index (χ2v) is 6.32. The standard InChI is InChI=1S/C16H32N2O/c1-3-6-15-12-18(16(4-2)11-17-15)9-5-10-19-13-14-7-8-14/h14-17H,3-13H2,1-2H3. The summed E-state index contributed by atoms with van der Waals surface area (Å²) in [4.78, 5) is 2.69. The summed E-state index contributed by atoms with van der Waals surface area (Å²) in [5, 5.41) is 3.70. The summed E-state index contributed by atoms with van der Waals surface area (Å²) in [5.74, 6) is 0.900. The first-order chi connectivity index (χ1) is 9.33. The highest BCUT2D eigenvalue weighted by Crippen LogP contribution is 2.28. The number of nitrogens with zero attached hydrogens (tertiary/aromatic N) is 1. The van der Waals surface area contributed by atoms with Crippen LogP contribution in [0.15, 0.2) is 0 Å². The fourth-order valence-electron chi connectivity index (χ4n) is 3.05. The molecule has 0 amide bonds. The zero-order valence-corrected chi connectivity index (χ0v) is 12.9. The first-order valence-electron chi connectivity index (χ1n) is 8.38. The Hall–Kier alpha value is -0.120. The molecule has 19 heavy (non-hydrogen) atoms. The number of hydrogen-bond acceptors (Lipinski definition) is 3. The van der Waals surface area contributed by atoms with Crippen molar-refractivity contribution in [3.63, 3.8) is 0 Å². The van der Waals surface area contributed by atoms with Gasteiger partial charge in [0, 0.05) is 44.9 Å². The molecular weight excluding hydrogens is 236 g/mol. The van der Waals surface area contributed by atoms with E-state index in [9.17, 15) is 0 Å². The van der Waals surface area contributed by atoms with Gasteiger partial charge in [0.05, 0.1) is 0 Å². The van der Waals surface area contributed by atoms with Crippen molar-refractivity contribution >= 4 is 0 Å². The van der Waals surface area contributed by atoms with Gasteiger partial charge in [-0.3, -0.25) is 4.90 Å². The van der Waals surface area contributed by atoms with Crippen LogP contribution in [0.3, 0.4) is 0 Å². The Kier molecular flexibility index (Phi) is 6.62. The number of piperazine rings is 1. The van der Waals surface area contributed by atoms with Crippen LogP contribution in [-0.2, 0) is 4.74 Å². The van der Waals surface area contributed by atoms with Gasteiger partial charge in [-0.1, -0.05) is 20.3 Å². The zero-order chi connectivity index (χ0) is 13.5. The van der Waals surface area contributed by atoms with Gasteiger partial charge < -0.3 is 10.1 Å². The Morgan fingerprint density at radius 2 is 2.11 bits per heavy atom. The van der Waals surface area contributed by atoms with Gasteiger partial charge in [-0.25, -0.2) is 0 Å². The van der Waals surface area contributed by atoms with E-state index >= 15 is 0 Å². The zero-order valence-electron chi connectivity index (χ0n) is 12.9. The maximum atomic E-state index is 5.75. The molecule has 0 aromatic carbocycles. The molecule has 0 aromatic rings. The average Bonchev–Trinajstić information content (AvgIpc) is 3.23. The van der Waals surface area contributed by atoms with Gasteiger partial charge in [0.15, 0.2) is 0 Å². The first kappa shape index (κ1) is 15.3. The van der Waals surface area contributed by atoms with Crippen LogP contribution in [0.4, 0.5) is 0 Å². The maximum Gasteiger partial charge on any atom is 0.0494 e. The van der Waals surface area contributed by atoms with E-state index in [1.54, 1.807) is 0 Å². The van der Waals surface area contributed by atoms with Crippen LogP contribution >= 0.6 is 0 Å². The lowest BCUT2D eigenvalue weighted by molar-refractivity contribution is 0.0853. The molecule has 1 N–H and O–H groups in total. The molecule has 0 spiro atoms. The Morgan fingerprint density at radius 3 is 2.79 bits per heavy atom. The summed E-state index contributed by atoms with van der Waals surface area (Å²) in [6, 6.07) is 1.44. The average molecular weight is 268 g/mol. The highest BCUT2D eigenvalue weighted by atomic mass is 16.5. The molecule has 0 bridgehead atoms. The minimum absolute atomic E-state index is 0.709. The Balaban J connectivity index is 1.62. The van der Waals surface area contributed by atoms with Crippen molar-refractivity contribution in [2.75, 3.05) is 32.8 Å². The third-order valence-corrected chi connectivity index (χ3v) is 4.51. The summed E-state index contributed by atoms with van der Waals surface area (Å²) < 4.78 is 5.75. The first-order valence-corrected chi connectivity index (χ1v) is 8.38. The lowest BCUT2D eigenvalue weighted by atomic mass is 10.0. The molecule has 2 rings (SSSR count). The van der Waals surface area contributed by atoms with Crippen LogP contribution in [0, 0.1) is 5.92 Å². The largest absolute Gasteiger partial charge is 0.381 e. The van der Waals surface area contributed by atoms with Crippen molar-refractivity contribution in [2.45, 2.75) is 64.5 Å². The van der Waals surface area contributed by atoms with E-state index in [4.69, 9.17) is 4.74 Å². The summed E-state index contributed by atoms with van der Waals surface area (Å²) in [6.45, 7) is 10.2. The van der Waals surface area contributed by atoms with Gasteiger partial charge >= 0.3 is 0 Å².